The van der Waals surface area contributed by atoms with Crippen LogP contribution in [0.2, 0.25) is 0 Å². The second kappa shape index (κ2) is 4.35. The van der Waals surface area contributed by atoms with Crippen LogP contribution in [0.15, 0.2) is 23.9 Å². The summed E-state index contributed by atoms with van der Waals surface area (Å²) in [6, 6.07) is 4.09. The Morgan fingerprint density at radius 1 is 1.44 bits per heavy atom. The number of fused-ring (bicyclic) bond motifs is 2. The highest BCUT2D eigenvalue weighted by Gasteiger charge is 2.30. The lowest BCUT2D eigenvalue weighted by Gasteiger charge is -2.40. The van der Waals surface area contributed by atoms with Gasteiger partial charge in [-0.15, -0.1) is 0 Å². The quantitative estimate of drug-likeness (QED) is 0.704. The van der Waals surface area contributed by atoms with Gasteiger partial charge in [0, 0.05) is 37.8 Å². The monoisotopic (exact) mass is 246 g/mol. The van der Waals surface area contributed by atoms with E-state index in [9.17, 15) is 5.21 Å². The van der Waals surface area contributed by atoms with E-state index >= 15 is 0 Å². The third kappa shape index (κ3) is 1.80. The van der Waals surface area contributed by atoms with Gasteiger partial charge >= 0.3 is 0 Å². The largest absolute Gasteiger partial charge is 0.634 e. The Labute approximate surface area is 107 Å². The minimum Gasteiger partial charge on any atom is -0.634 e. The molecule has 1 aromatic heterocycles. The number of hydrogen-bond donors (Lipinski definition) is 1. The molecule has 0 bridgehead atoms. The van der Waals surface area contributed by atoms with E-state index in [2.05, 4.69) is 16.1 Å². The molecule has 0 saturated carbocycles. The predicted octanol–water partition coefficient (Wildman–Crippen LogP) is -0.0818. The molecule has 5 nitrogen and oxygen atoms in total. The summed E-state index contributed by atoms with van der Waals surface area (Å²) in [4.78, 5) is 4.50. The van der Waals surface area contributed by atoms with Gasteiger partial charge in [-0.25, -0.2) is 9.99 Å². The van der Waals surface area contributed by atoms with Crippen LogP contribution in [-0.2, 0) is 0 Å². The molecule has 0 saturated heterocycles. The number of nitrogens with zero attached hydrogens (tertiary/aromatic N) is 3. The number of quaternary nitrogens is 1. The number of hydrazine groups is 1. The highest BCUT2D eigenvalue weighted by molar-refractivity contribution is 5.80. The number of anilines is 1. The summed E-state index contributed by atoms with van der Waals surface area (Å²) in [5.74, 6) is 1.01. The van der Waals surface area contributed by atoms with Crippen molar-refractivity contribution in [1.82, 2.24) is 9.99 Å². The van der Waals surface area contributed by atoms with Crippen LogP contribution in [0.3, 0.4) is 0 Å². The molecule has 0 fully saturated rings. The molecule has 3 rings (SSSR count). The Morgan fingerprint density at radius 2 is 2.28 bits per heavy atom. The summed E-state index contributed by atoms with van der Waals surface area (Å²) in [5.41, 5.74) is 3.80. The first-order valence-corrected chi connectivity index (χ1v) is 6.29. The lowest BCUT2D eigenvalue weighted by molar-refractivity contribution is -0.843. The maximum absolute atomic E-state index is 11.6. The predicted molar refractivity (Wildman–Crippen MR) is 70.9 cm³/mol. The van der Waals surface area contributed by atoms with Crippen molar-refractivity contribution in [3.05, 3.63) is 34.7 Å². The molecular weight excluding hydrogens is 228 g/mol. The van der Waals surface area contributed by atoms with Crippen LogP contribution in [-0.4, -0.2) is 43.7 Å². The fourth-order valence-corrected chi connectivity index (χ4v) is 2.78. The van der Waals surface area contributed by atoms with Gasteiger partial charge in [-0.1, -0.05) is 0 Å². The summed E-state index contributed by atoms with van der Waals surface area (Å²) >= 11 is 0. The number of aromatic nitrogens is 1. The van der Waals surface area contributed by atoms with Gasteiger partial charge in [-0.3, -0.25) is 5.01 Å². The topological polar surface area (TPSA) is 46.9 Å². The zero-order chi connectivity index (χ0) is 12.7. The smallest absolute Gasteiger partial charge is 0.150 e. The molecule has 1 unspecified atom stereocenters. The highest BCUT2D eigenvalue weighted by atomic mass is 16.5. The van der Waals surface area contributed by atoms with E-state index in [-0.39, 0.29) is 0 Å². The molecular formula is C13H18N4O. The molecule has 2 aliphatic heterocycles. The Kier molecular flexibility index (Phi) is 2.81. The molecule has 1 atom stereocenters. The molecule has 1 aromatic rings. The Bertz CT molecular complexity index is 498. The van der Waals surface area contributed by atoms with Crippen molar-refractivity contribution in [2.45, 2.75) is 6.42 Å². The van der Waals surface area contributed by atoms with Gasteiger partial charge in [0.2, 0.25) is 0 Å². The van der Waals surface area contributed by atoms with E-state index in [1.165, 1.54) is 16.7 Å². The van der Waals surface area contributed by atoms with Crippen LogP contribution in [0.25, 0.3) is 5.57 Å². The standard InChI is InChI=1S/C13H18N4O/c1-15(2)17-9-10-8-16(18)7-5-11(10)12-4-3-6-14-13(12)17/h3-4,6,16H,5,7-9H2,1-2H3. The van der Waals surface area contributed by atoms with Gasteiger partial charge in [-0.2, -0.15) is 0 Å². The minimum atomic E-state index is 0.361. The first kappa shape index (κ1) is 11.6. The molecule has 18 heavy (non-hydrogen) atoms. The van der Waals surface area contributed by atoms with Crippen LogP contribution < -0.4 is 10.1 Å². The first-order chi connectivity index (χ1) is 8.66. The fraction of sp³-hybridized carbons (Fsp3) is 0.462. The van der Waals surface area contributed by atoms with Crippen LogP contribution >= 0.6 is 0 Å². The molecule has 2 aliphatic rings. The Hall–Kier alpha value is -1.43. The van der Waals surface area contributed by atoms with Crippen molar-refractivity contribution in [3.63, 3.8) is 0 Å². The summed E-state index contributed by atoms with van der Waals surface area (Å²) in [7, 11) is 4.02. The maximum atomic E-state index is 11.6. The van der Waals surface area contributed by atoms with Crippen molar-refractivity contribution in [3.8, 4) is 0 Å². The normalized spacial score (nSPS) is 23.1. The van der Waals surface area contributed by atoms with E-state index < -0.39 is 0 Å². The highest BCUT2D eigenvalue weighted by Crippen LogP contribution is 2.35. The summed E-state index contributed by atoms with van der Waals surface area (Å²) < 4.78 is 0. The van der Waals surface area contributed by atoms with E-state index in [1.54, 1.807) is 0 Å². The SMILES string of the molecule is CN(C)N1CC2=C(CC[NH+]([O-])C2)c2cccnc21. The second-order valence-corrected chi connectivity index (χ2v) is 5.08. The molecule has 0 radical (unpaired) electrons. The third-order valence-electron chi connectivity index (χ3n) is 3.67. The zero-order valence-corrected chi connectivity index (χ0v) is 10.8. The lowest BCUT2D eigenvalue weighted by atomic mass is 9.91. The molecule has 0 aromatic carbocycles. The van der Waals surface area contributed by atoms with Crippen molar-refractivity contribution in [2.75, 3.05) is 38.7 Å². The number of rotatable bonds is 1. The van der Waals surface area contributed by atoms with Crippen molar-refractivity contribution in [2.24, 2.45) is 0 Å². The summed E-state index contributed by atoms with van der Waals surface area (Å²) in [6.07, 6.45) is 2.70. The van der Waals surface area contributed by atoms with Gasteiger partial charge in [0.05, 0.1) is 13.1 Å². The van der Waals surface area contributed by atoms with Crippen LogP contribution in [0.5, 0.6) is 0 Å². The molecule has 96 valence electrons. The molecule has 0 spiro atoms. The van der Waals surface area contributed by atoms with Crippen molar-refractivity contribution in [1.29, 1.82) is 0 Å². The minimum absolute atomic E-state index is 0.361. The molecule has 1 N–H and O–H groups in total. The average Bonchev–Trinajstić information content (AvgIpc) is 2.37. The summed E-state index contributed by atoms with van der Waals surface area (Å²) in [5, 5.41) is 16.2. The Balaban J connectivity index is 2.09. The second-order valence-electron chi connectivity index (χ2n) is 5.08. The van der Waals surface area contributed by atoms with E-state index in [0.29, 0.717) is 18.2 Å². The van der Waals surface area contributed by atoms with Gasteiger partial charge in [-0.05, 0) is 17.7 Å². The summed E-state index contributed by atoms with van der Waals surface area (Å²) in [6.45, 7) is 2.07. The van der Waals surface area contributed by atoms with Crippen LogP contribution in [0, 0.1) is 5.21 Å². The van der Waals surface area contributed by atoms with E-state index in [4.69, 9.17) is 0 Å². The Morgan fingerprint density at radius 3 is 3.06 bits per heavy atom. The van der Waals surface area contributed by atoms with Gasteiger partial charge in [0.25, 0.3) is 0 Å². The van der Waals surface area contributed by atoms with Gasteiger partial charge in [0.15, 0.2) is 5.82 Å². The van der Waals surface area contributed by atoms with Crippen molar-refractivity contribution < 1.29 is 5.06 Å². The lowest BCUT2D eigenvalue weighted by Crippen LogP contribution is -3.08. The number of pyridine rings is 1. The molecule has 0 amide bonds. The van der Waals surface area contributed by atoms with Crippen LogP contribution in [0.4, 0.5) is 5.82 Å². The molecule has 5 heteroatoms. The van der Waals surface area contributed by atoms with Crippen LogP contribution in [0.1, 0.15) is 12.0 Å². The van der Waals surface area contributed by atoms with Crippen molar-refractivity contribution >= 4 is 11.4 Å². The average molecular weight is 246 g/mol. The molecule has 0 aliphatic carbocycles. The maximum Gasteiger partial charge on any atom is 0.150 e. The van der Waals surface area contributed by atoms with E-state index in [1.807, 2.05) is 31.4 Å². The fourth-order valence-electron chi connectivity index (χ4n) is 2.78. The zero-order valence-electron chi connectivity index (χ0n) is 10.8. The van der Waals surface area contributed by atoms with E-state index in [0.717, 1.165) is 18.8 Å². The third-order valence-corrected chi connectivity index (χ3v) is 3.67. The number of hydroxylamine groups is 2. The van der Waals surface area contributed by atoms with Gasteiger partial charge in [0.1, 0.15) is 6.54 Å². The van der Waals surface area contributed by atoms with Gasteiger partial charge < -0.3 is 10.3 Å². The number of nitrogens with one attached hydrogen (secondary N) is 1. The first-order valence-electron chi connectivity index (χ1n) is 6.29. The molecule has 3 heterocycles. The number of hydrogen-bond acceptors (Lipinski definition) is 4.